The number of carboxylic acids is 1. The minimum absolute atomic E-state index is 0.0499. The zero-order valence-electron chi connectivity index (χ0n) is 21.2. The summed E-state index contributed by atoms with van der Waals surface area (Å²) in [6.45, 7) is 3.35. The van der Waals surface area contributed by atoms with Crippen molar-refractivity contribution in [1.82, 2.24) is 10.2 Å². The number of amides is 3. The highest BCUT2D eigenvalue weighted by Crippen LogP contribution is 2.17. The highest BCUT2D eigenvalue weighted by Gasteiger charge is 2.39. The average Bonchev–Trinajstić information content (AvgIpc) is 2.89. The molecule has 10 nitrogen and oxygen atoms in total. The molecule has 0 heterocycles. The van der Waals surface area contributed by atoms with E-state index in [2.05, 4.69) is 5.32 Å². The first kappa shape index (κ1) is 29.3. The van der Waals surface area contributed by atoms with Crippen LogP contribution in [0.25, 0.3) is 0 Å². The van der Waals surface area contributed by atoms with Crippen molar-refractivity contribution in [3.8, 4) is 0 Å². The molecule has 2 aromatic carbocycles. The Morgan fingerprint density at radius 1 is 0.865 bits per heavy atom. The Hall–Kier alpha value is -3.92. The second kappa shape index (κ2) is 15.2. The summed E-state index contributed by atoms with van der Waals surface area (Å²) in [5.41, 5.74) is 6.96. The Bertz CT molecular complexity index is 960. The SMILES string of the molecule is CC(C)C(NC(=O)C(CCCCN)N(C(=O)OCc1ccccc1)C(=O)OCc1ccccc1)C(=O)O. The molecule has 200 valence electrons. The second-order valence-corrected chi connectivity index (χ2v) is 8.82. The lowest BCUT2D eigenvalue weighted by Gasteiger charge is -2.29. The number of nitrogens with one attached hydrogen (secondary N) is 1. The Morgan fingerprint density at radius 2 is 1.35 bits per heavy atom. The number of unbranched alkanes of at least 4 members (excludes halogenated alkanes) is 1. The summed E-state index contributed by atoms with van der Waals surface area (Å²) >= 11 is 0. The van der Waals surface area contributed by atoms with Gasteiger partial charge in [0.2, 0.25) is 5.91 Å². The van der Waals surface area contributed by atoms with Gasteiger partial charge in [0, 0.05) is 0 Å². The molecule has 0 fully saturated rings. The first-order valence-electron chi connectivity index (χ1n) is 12.2. The molecule has 0 aliphatic rings. The quantitative estimate of drug-likeness (QED) is 0.344. The average molecular weight is 514 g/mol. The molecule has 0 saturated carbocycles. The molecule has 0 spiro atoms. The van der Waals surface area contributed by atoms with E-state index >= 15 is 0 Å². The molecule has 0 bridgehead atoms. The third kappa shape index (κ3) is 9.57. The van der Waals surface area contributed by atoms with Crippen LogP contribution in [-0.4, -0.2) is 52.7 Å². The molecule has 0 aliphatic carbocycles. The topological polar surface area (TPSA) is 148 Å². The summed E-state index contributed by atoms with van der Waals surface area (Å²) in [7, 11) is 0. The Morgan fingerprint density at radius 3 is 1.76 bits per heavy atom. The van der Waals surface area contributed by atoms with Gasteiger partial charge in [0.15, 0.2) is 0 Å². The van der Waals surface area contributed by atoms with E-state index in [0.717, 1.165) is 0 Å². The number of benzene rings is 2. The number of hydrogen-bond donors (Lipinski definition) is 3. The van der Waals surface area contributed by atoms with E-state index in [1.165, 1.54) is 0 Å². The minimum Gasteiger partial charge on any atom is -0.480 e. The van der Waals surface area contributed by atoms with Crippen molar-refractivity contribution in [2.45, 2.75) is 58.4 Å². The van der Waals surface area contributed by atoms with Crippen LogP contribution in [0.4, 0.5) is 9.59 Å². The number of hydrogen-bond acceptors (Lipinski definition) is 7. The van der Waals surface area contributed by atoms with Crippen molar-refractivity contribution in [3.63, 3.8) is 0 Å². The highest BCUT2D eigenvalue weighted by atomic mass is 16.6. The number of rotatable bonds is 13. The van der Waals surface area contributed by atoms with Crippen LogP contribution in [0.5, 0.6) is 0 Å². The first-order chi connectivity index (χ1) is 17.7. The molecule has 37 heavy (non-hydrogen) atoms. The maximum atomic E-state index is 13.3. The van der Waals surface area contributed by atoms with Gasteiger partial charge in [0.25, 0.3) is 0 Å². The second-order valence-electron chi connectivity index (χ2n) is 8.82. The Labute approximate surface area is 216 Å². The van der Waals surface area contributed by atoms with Crippen LogP contribution >= 0.6 is 0 Å². The van der Waals surface area contributed by atoms with Crippen molar-refractivity contribution in [2.75, 3.05) is 6.54 Å². The van der Waals surface area contributed by atoms with Gasteiger partial charge in [-0.3, -0.25) is 4.79 Å². The lowest BCUT2D eigenvalue weighted by Crippen LogP contribution is -2.56. The van der Waals surface area contributed by atoms with Gasteiger partial charge in [0.05, 0.1) is 0 Å². The number of carbonyl (C=O) groups is 4. The summed E-state index contributed by atoms with van der Waals surface area (Å²) in [5.74, 6) is -2.46. The maximum absolute atomic E-state index is 13.3. The molecule has 0 aromatic heterocycles. The van der Waals surface area contributed by atoms with E-state index in [-0.39, 0.29) is 19.6 Å². The molecule has 2 atom stereocenters. The Balaban J connectivity index is 2.31. The Kier molecular flexibility index (Phi) is 12.1. The van der Waals surface area contributed by atoms with Crippen molar-refractivity contribution in [3.05, 3.63) is 71.8 Å². The van der Waals surface area contributed by atoms with Crippen molar-refractivity contribution in [2.24, 2.45) is 11.7 Å². The first-order valence-corrected chi connectivity index (χ1v) is 12.2. The summed E-state index contributed by atoms with van der Waals surface area (Å²) in [6.07, 6.45) is -1.17. The third-order valence-corrected chi connectivity index (χ3v) is 5.58. The van der Waals surface area contributed by atoms with Gasteiger partial charge < -0.3 is 25.6 Å². The van der Waals surface area contributed by atoms with Crippen LogP contribution in [0.15, 0.2) is 60.7 Å². The van der Waals surface area contributed by atoms with Crippen LogP contribution in [0, 0.1) is 5.92 Å². The van der Waals surface area contributed by atoms with Crippen molar-refractivity contribution < 1.29 is 33.8 Å². The van der Waals surface area contributed by atoms with Crippen molar-refractivity contribution in [1.29, 1.82) is 0 Å². The molecule has 3 amide bonds. The molecule has 4 N–H and O–H groups in total. The number of ether oxygens (including phenoxy) is 2. The smallest absolute Gasteiger partial charge is 0.420 e. The zero-order chi connectivity index (χ0) is 27.2. The summed E-state index contributed by atoms with van der Waals surface area (Å²) in [6, 6.07) is 15.1. The predicted octanol–water partition coefficient (Wildman–Crippen LogP) is 3.69. The zero-order valence-corrected chi connectivity index (χ0v) is 21.2. The lowest BCUT2D eigenvalue weighted by molar-refractivity contribution is -0.143. The van der Waals surface area contributed by atoms with Crippen molar-refractivity contribution >= 4 is 24.1 Å². The fourth-order valence-electron chi connectivity index (χ4n) is 3.53. The monoisotopic (exact) mass is 513 g/mol. The molecule has 2 unspecified atom stereocenters. The van der Waals surface area contributed by atoms with E-state index in [1.807, 2.05) is 12.1 Å². The van der Waals surface area contributed by atoms with Gasteiger partial charge in [-0.05, 0) is 42.9 Å². The van der Waals surface area contributed by atoms with E-state index in [4.69, 9.17) is 15.2 Å². The van der Waals surface area contributed by atoms with Crippen LogP contribution in [0.3, 0.4) is 0 Å². The van der Waals surface area contributed by atoms with Crippen LogP contribution < -0.4 is 11.1 Å². The fraction of sp³-hybridized carbons (Fsp3) is 0.407. The van der Waals surface area contributed by atoms with Crippen LogP contribution in [0.2, 0.25) is 0 Å². The molecule has 2 aromatic rings. The van der Waals surface area contributed by atoms with Gasteiger partial charge in [-0.15, -0.1) is 0 Å². The number of carbonyl (C=O) groups excluding carboxylic acids is 3. The number of carboxylic acid groups (broad SMARTS) is 1. The molecular weight excluding hydrogens is 478 g/mol. The van der Waals surface area contributed by atoms with Crippen LogP contribution in [-0.2, 0) is 32.3 Å². The summed E-state index contributed by atoms with van der Waals surface area (Å²) in [5, 5.41) is 12.0. The molecule has 0 saturated heterocycles. The largest absolute Gasteiger partial charge is 0.480 e. The van der Waals surface area contributed by atoms with E-state index in [1.54, 1.807) is 62.4 Å². The standard InChI is InChI=1S/C27H35N3O7/c1-19(2)23(25(32)33)29-24(31)22(15-9-10-16-28)30(26(34)36-17-20-11-5-3-6-12-20)27(35)37-18-21-13-7-4-8-14-21/h3-8,11-14,19,22-23H,9-10,15-18,28H2,1-2H3,(H,29,31)(H,32,33). The number of aliphatic carboxylic acids is 1. The number of nitrogens with two attached hydrogens (primary N) is 1. The van der Waals surface area contributed by atoms with Crippen LogP contribution in [0.1, 0.15) is 44.2 Å². The molecule has 2 rings (SSSR count). The van der Waals surface area contributed by atoms with E-state index < -0.39 is 42.1 Å². The highest BCUT2D eigenvalue weighted by molar-refractivity contribution is 5.96. The number of imide groups is 1. The molecule has 0 radical (unpaired) electrons. The molecule has 0 aliphatic heterocycles. The van der Waals surface area contributed by atoms with Gasteiger partial charge in [-0.25, -0.2) is 14.4 Å². The van der Waals surface area contributed by atoms with Gasteiger partial charge >= 0.3 is 18.2 Å². The van der Waals surface area contributed by atoms with Gasteiger partial charge in [-0.1, -0.05) is 74.5 Å². The van der Waals surface area contributed by atoms with E-state index in [0.29, 0.717) is 35.4 Å². The predicted molar refractivity (Wildman–Crippen MR) is 136 cm³/mol. The maximum Gasteiger partial charge on any atom is 0.420 e. The fourth-order valence-corrected chi connectivity index (χ4v) is 3.53. The lowest BCUT2D eigenvalue weighted by atomic mass is 10.0. The summed E-state index contributed by atoms with van der Waals surface area (Å²) < 4.78 is 10.7. The molecular formula is C27H35N3O7. The van der Waals surface area contributed by atoms with Gasteiger partial charge in [-0.2, -0.15) is 4.90 Å². The third-order valence-electron chi connectivity index (χ3n) is 5.58. The van der Waals surface area contributed by atoms with E-state index in [9.17, 15) is 24.3 Å². The van der Waals surface area contributed by atoms with Gasteiger partial charge in [0.1, 0.15) is 25.3 Å². The summed E-state index contributed by atoms with van der Waals surface area (Å²) in [4.78, 5) is 52.0. The minimum atomic E-state index is -1.36. The molecule has 10 heteroatoms. The normalized spacial score (nSPS) is 12.3. The number of nitrogens with zero attached hydrogens (tertiary/aromatic N) is 1.